The monoisotopic (exact) mass is 328 g/mol. The topological polar surface area (TPSA) is 67.4 Å². The number of carbonyl (C=O) groups excluding carboxylic acids is 1. The lowest BCUT2D eigenvalue weighted by molar-refractivity contribution is 0.102. The van der Waals surface area contributed by atoms with Gasteiger partial charge >= 0.3 is 0 Å². The molecule has 0 aliphatic heterocycles. The molecular formula is C18H24N4O2. The maximum absolute atomic E-state index is 12.2. The Bertz CT molecular complexity index is 650. The van der Waals surface area contributed by atoms with Gasteiger partial charge in [-0.05, 0) is 64.1 Å². The average Bonchev–Trinajstić information content (AvgIpc) is 2.58. The van der Waals surface area contributed by atoms with Crippen molar-refractivity contribution in [1.82, 2.24) is 10.2 Å². The summed E-state index contributed by atoms with van der Waals surface area (Å²) >= 11 is 0. The van der Waals surface area contributed by atoms with Gasteiger partial charge in [-0.3, -0.25) is 4.79 Å². The number of benzene rings is 1. The second-order valence-electron chi connectivity index (χ2n) is 5.59. The molecule has 128 valence electrons. The summed E-state index contributed by atoms with van der Waals surface area (Å²) in [5.74, 6) is 1.25. The Balaban J connectivity index is 2.01. The Hall–Kier alpha value is -2.63. The second-order valence-corrected chi connectivity index (χ2v) is 5.59. The lowest BCUT2D eigenvalue weighted by Crippen LogP contribution is -2.24. The fourth-order valence-corrected chi connectivity index (χ4v) is 2.25. The first-order valence-corrected chi connectivity index (χ1v) is 8.20. The summed E-state index contributed by atoms with van der Waals surface area (Å²) in [6, 6.07) is 10.7. The van der Waals surface area contributed by atoms with Crippen LogP contribution in [0.2, 0.25) is 0 Å². The van der Waals surface area contributed by atoms with Gasteiger partial charge in [0.1, 0.15) is 5.75 Å². The molecule has 0 spiro atoms. The first kappa shape index (κ1) is 17.7. The van der Waals surface area contributed by atoms with Gasteiger partial charge in [-0.1, -0.05) is 0 Å². The molecule has 0 aliphatic carbocycles. The van der Waals surface area contributed by atoms with Crippen LogP contribution in [0.3, 0.4) is 0 Å². The third kappa shape index (κ3) is 4.68. The highest BCUT2D eigenvalue weighted by Gasteiger charge is 2.11. The minimum atomic E-state index is -0.286. The van der Waals surface area contributed by atoms with Gasteiger partial charge in [0.2, 0.25) is 0 Å². The van der Waals surface area contributed by atoms with E-state index in [9.17, 15) is 4.79 Å². The van der Waals surface area contributed by atoms with Gasteiger partial charge in [-0.2, -0.15) is 0 Å². The molecule has 24 heavy (non-hydrogen) atoms. The third-order valence-electron chi connectivity index (χ3n) is 3.45. The minimum absolute atomic E-state index is 0.116. The number of nitrogens with one attached hydrogen (secondary N) is 1. The van der Waals surface area contributed by atoms with Gasteiger partial charge in [0.25, 0.3) is 5.91 Å². The molecule has 1 heterocycles. The van der Waals surface area contributed by atoms with Crippen LogP contribution in [-0.2, 0) is 0 Å². The van der Waals surface area contributed by atoms with Gasteiger partial charge in [-0.25, -0.2) is 0 Å². The Morgan fingerprint density at radius 1 is 1.08 bits per heavy atom. The Morgan fingerprint density at radius 3 is 2.25 bits per heavy atom. The van der Waals surface area contributed by atoms with Crippen LogP contribution in [0.15, 0.2) is 36.4 Å². The van der Waals surface area contributed by atoms with Gasteiger partial charge in [0.15, 0.2) is 11.5 Å². The highest BCUT2D eigenvalue weighted by Crippen LogP contribution is 2.17. The molecule has 0 bridgehead atoms. The molecular weight excluding hydrogens is 304 g/mol. The maximum atomic E-state index is 12.2. The highest BCUT2D eigenvalue weighted by atomic mass is 16.5. The summed E-state index contributed by atoms with van der Waals surface area (Å²) in [6.45, 7) is 9.74. The number of carbonyl (C=O) groups is 1. The highest BCUT2D eigenvalue weighted by molar-refractivity contribution is 6.02. The first-order valence-electron chi connectivity index (χ1n) is 8.20. The van der Waals surface area contributed by atoms with E-state index in [2.05, 4.69) is 34.3 Å². The van der Waals surface area contributed by atoms with Crippen LogP contribution < -0.4 is 15.0 Å². The second kappa shape index (κ2) is 8.29. The van der Waals surface area contributed by atoms with Crippen molar-refractivity contribution in [3.05, 3.63) is 42.1 Å². The number of hydrogen-bond acceptors (Lipinski definition) is 5. The van der Waals surface area contributed by atoms with Crippen LogP contribution in [0.1, 0.15) is 38.2 Å². The normalized spacial score (nSPS) is 10.5. The Labute approximate surface area is 142 Å². The van der Waals surface area contributed by atoms with Crippen LogP contribution in [-0.4, -0.2) is 35.3 Å². The van der Waals surface area contributed by atoms with Crippen LogP contribution in [0.25, 0.3) is 0 Å². The van der Waals surface area contributed by atoms with Crippen LogP contribution in [0.4, 0.5) is 11.5 Å². The lowest BCUT2D eigenvalue weighted by Gasteiger charge is -2.18. The molecule has 1 aromatic carbocycles. The van der Waals surface area contributed by atoms with Crippen LogP contribution in [0.5, 0.6) is 5.75 Å². The number of anilines is 2. The molecule has 0 aliphatic rings. The number of hydrogen-bond donors (Lipinski definition) is 1. The maximum Gasteiger partial charge on any atom is 0.276 e. The predicted molar refractivity (Wildman–Crippen MR) is 95.8 cm³/mol. The summed E-state index contributed by atoms with van der Waals surface area (Å²) in [7, 11) is 0. The first-order chi connectivity index (χ1) is 11.5. The zero-order valence-electron chi connectivity index (χ0n) is 14.6. The number of rotatable bonds is 7. The number of aromatic nitrogens is 2. The molecule has 1 aromatic heterocycles. The van der Waals surface area contributed by atoms with Crippen molar-refractivity contribution in [2.75, 3.05) is 23.3 Å². The largest absolute Gasteiger partial charge is 0.491 e. The molecule has 2 aromatic rings. The van der Waals surface area contributed by atoms with Gasteiger partial charge < -0.3 is 15.0 Å². The molecule has 0 unspecified atom stereocenters. The standard InChI is InChI=1S/C18H24N4O2/c1-5-22(6-2)17-12-11-16(20-21-17)18(23)19-14-7-9-15(10-8-14)24-13(3)4/h7-13H,5-6H2,1-4H3,(H,19,23). The van der Waals surface area contributed by atoms with Crippen molar-refractivity contribution >= 4 is 17.4 Å². The molecule has 0 radical (unpaired) electrons. The molecule has 1 amide bonds. The molecule has 2 rings (SSSR count). The zero-order chi connectivity index (χ0) is 17.5. The summed E-state index contributed by atoms with van der Waals surface area (Å²) in [4.78, 5) is 14.3. The van der Waals surface area contributed by atoms with E-state index in [-0.39, 0.29) is 17.7 Å². The summed E-state index contributed by atoms with van der Waals surface area (Å²) in [5, 5.41) is 11.0. The van der Waals surface area contributed by atoms with Crippen LogP contribution in [0, 0.1) is 0 Å². The Morgan fingerprint density at radius 2 is 1.75 bits per heavy atom. The smallest absolute Gasteiger partial charge is 0.276 e. The predicted octanol–water partition coefficient (Wildman–Crippen LogP) is 3.36. The van der Waals surface area contributed by atoms with Crippen molar-refractivity contribution in [3.8, 4) is 5.75 Å². The summed E-state index contributed by atoms with van der Waals surface area (Å²) in [6.07, 6.45) is 0.116. The minimum Gasteiger partial charge on any atom is -0.491 e. The molecule has 0 saturated carbocycles. The van der Waals surface area contributed by atoms with Crippen LogP contribution >= 0.6 is 0 Å². The van der Waals surface area contributed by atoms with Gasteiger partial charge in [0.05, 0.1) is 6.10 Å². The van der Waals surface area contributed by atoms with Crippen molar-refractivity contribution in [1.29, 1.82) is 0 Å². The SMILES string of the molecule is CCN(CC)c1ccc(C(=O)Nc2ccc(OC(C)C)cc2)nn1. The van der Waals surface area contributed by atoms with E-state index in [0.29, 0.717) is 5.69 Å². The summed E-state index contributed by atoms with van der Waals surface area (Å²) < 4.78 is 5.58. The number of ether oxygens (including phenoxy) is 1. The van der Waals surface area contributed by atoms with Crippen molar-refractivity contribution in [2.45, 2.75) is 33.8 Å². The van der Waals surface area contributed by atoms with E-state index in [1.54, 1.807) is 18.2 Å². The van der Waals surface area contributed by atoms with E-state index in [0.717, 1.165) is 24.7 Å². The van der Waals surface area contributed by atoms with Gasteiger partial charge in [-0.15, -0.1) is 10.2 Å². The molecule has 0 atom stereocenters. The molecule has 0 fully saturated rings. The molecule has 0 saturated heterocycles. The zero-order valence-corrected chi connectivity index (χ0v) is 14.6. The fraction of sp³-hybridized carbons (Fsp3) is 0.389. The van der Waals surface area contributed by atoms with E-state index in [1.807, 2.05) is 32.0 Å². The fourth-order valence-electron chi connectivity index (χ4n) is 2.25. The van der Waals surface area contributed by atoms with Gasteiger partial charge in [0, 0.05) is 18.8 Å². The molecule has 6 heteroatoms. The van der Waals surface area contributed by atoms with E-state index in [4.69, 9.17) is 4.74 Å². The van der Waals surface area contributed by atoms with Crippen molar-refractivity contribution in [3.63, 3.8) is 0 Å². The molecule has 6 nitrogen and oxygen atoms in total. The van der Waals surface area contributed by atoms with E-state index < -0.39 is 0 Å². The van der Waals surface area contributed by atoms with Crippen molar-refractivity contribution < 1.29 is 9.53 Å². The Kier molecular flexibility index (Phi) is 6.12. The van der Waals surface area contributed by atoms with E-state index >= 15 is 0 Å². The number of nitrogens with zero attached hydrogens (tertiary/aromatic N) is 3. The lowest BCUT2D eigenvalue weighted by atomic mass is 10.2. The van der Waals surface area contributed by atoms with E-state index in [1.165, 1.54) is 0 Å². The number of amides is 1. The average molecular weight is 328 g/mol. The van der Waals surface area contributed by atoms with Crippen molar-refractivity contribution in [2.24, 2.45) is 0 Å². The third-order valence-corrected chi connectivity index (χ3v) is 3.45. The summed E-state index contributed by atoms with van der Waals surface area (Å²) in [5.41, 5.74) is 0.971. The molecule has 1 N–H and O–H groups in total. The quantitative estimate of drug-likeness (QED) is 0.844.